The summed E-state index contributed by atoms with van der Waals surface area (Å²) in [6, 6.07) is 0. The van der Waals surface area contributed by atoms with E-state index in [-0.39, 0.29) is 0 Å². The molecule has 0 aromatic carbocycles. The average molecular weight is 305 g/mol. The highest BCUT2D eigenvalue weighted by atomic mass is 79.9. The molecule has 2 aliphatic carbocycles. The molecule has 2 atom stereocenters. The molecule has 0 radical (unpaired) electrons. The predicted octanol–water partition coefficient (Wildman–Crippen LogP) is 3.92. The van der Waals surface area contributed by atoms with E-state index in [9.17, 15) is 0 Å². The van der Waals surface area contributed by atoms with Crippen molar-refractivity contribution in [3.05, 3.63) is 0 Å². The zero-order chi connectivity index (χ0) is 12.1. The second-order valence-electron chi connectivity index (χ2n) is 5.47. The molecule has 100 valence electrons. The highest BCUT2D eigenvalue weighted by Crippen LogP contribution is 2.57. The van der Waals surface area contributed by atoms with Crippen LogP contribution in [0.2, 0.25) is 0 Å². The van der Waals surface area contributed by atoms with Crippen molar-refractivity contribution in [2.24, 2.45) is 5.41 Å². The molecule has 0 amide bonds. The average Bonchev–Trinajstić information content (AvgIpc) is 2.84. The molecule has 2 saturated carbocycles. The molecule has 0 N–H and O–H groups in total. The largest absolute Gasteiger partial charge is 0.379 e. The molecular weight excluding hydrogens is 280 g/mol. The third-order valence-corrected chi connectivity index (χ3v) is 5.70. The zero-order valence-corrected chi connectivity index (χ0v) is 12.5. The first kappa shape index (κ1) is 13.8. The summed E-state index contributed by atoms with van der Waals surface area (Å²) in [6.45, 7) is 4.61. The van der Waals surface area contributed by atoms with Gasteiger partial charge in [0.2, 0.25) is 0 Å². The number of ether oxygens (including phenoxy) is 2. The summed E-state index contributed by atoms with van der Waals surface area (Å²) in [5, 5.41) is 0. The maximum absolute atomic E-state index is 6.01. The lowest BCUT2D eigenvalue weighted by Gasteiger charge is -2.51. The molecule has 1 spiro atoms. The van der Waals surface area contributed by atoms with Crippen LogP contribution in [0.3, 0.4) is 0 Å². The van der Waals surface area contributed by atoms with Crippen LogP contribution in [-0.2, 0) is 9.47 Å². The fraction of sp³-hybridized carbons (Fsp3) is 1.00. The Labute approximate surface area is 114 Å². The minimum Gasteiger partial charge on any atom is -0.379 e. The Balaban J connectivity index is 1.60. The summed E-state index contributed by atoms with van der Waals surface area (Å²) in [4.78, 5) is 0.698. The van der Waals surface area contributed by atoms with E-state index < -0.39 is 0 Å². The van der Waals surface area contributed by atoms with Crippen LogP contribution >= 0.6 is 15.9 Å². The number of halogens is 1. The molecule has 2 nitrogen and oxygen atoms in total. The topological polar surface area (TPSA) is 18.5 Å². The number of rotatable bonds is 7. The molecule has 2 aliphatic rings. The molecule has 2 fully saturated rings. The van der Waals surface area contributed by atoms with Crippen LogP contribution in [0, 0.1) is 5.41 Å². The molecular formula is C14H25BrO2. The van der Waals surface area contributed by atoms with E-state index in [1.807, 2.05) is 0 Å². The molecule has 17 heavy (non-hydrogen) atoms. The molecule has 0 heterocycles. The van der Waals surface area contributed by atoms with E-state index in [4.69, 9.17) is 9.47 Å². The van der Waals surface area contributed by atoms with Crippen molar-refractivity contribution in [2.75, 3.05) is 19.8 Å². The van der Waals surface area contributed by atoms with Crippen molar-refractivity contribution in [1.82, 2.24) is 0 Å². The number of hydrogen-bond donors (Lipinski definition) is 0. The molecule has 2 unspecified atom stereocenters. The lowest BCUT2D eigenvalue weighted by atomic mass is 9.65. The molecule has 0 aromatic heterocycles. The van der Waals surface area contributed by atoms with Gasteiger partial charge in [-0.2, -0.15) is 0 Å². The predicted molar refractivity (Wildman–Crippen MR) is 73.7 cm³/mol. The SMILES string of the molecule is CCCCOCCOC1CC(Br)C12CCCC2. The monoisotopic (exact) mass is 304 g/mol. The number of unbranched alkanes of at least 4 members (excludes halogenated alkanes) is 1. The Morgan fingerprint density at radius 3 is 2.59 bits per heavy atom. The molecule has 0 aromatic rings. The first-order valence-electron chi connectivity index (χ1n) is 7.13. The Hall–Kier alpha value is 0.400. The quantitative estimate of drug-likeness (QED) is 0.524. The highest BCUT2D eigenvalue weighted by Gasteiger charge is 2.55. The van der Waals surface area contributed by atoms with Crippen LogP contribution in [0.25, 0.3) is 0 Å². The van der Waals surface area contributed by atoms with Gasteiger partial charge in [0, 0.05) is 16.8 Å². The standard InChI is InChI=1S/C14H25BrO2/c1-2-3-8-16-9-10-17-13-11-12(15)14(13)6-4-5-7-14/h12-13H,2-11H2,1H3. The van der Waals surface area contributed by atoms with E-state index in [0.717, 1.165) is 26.2 Å². The van der Waals surface area contributed by atoms with Crippen molar-refractivity contribution in [3.63, 3.8) is 0 Å². The third kappa shape index (κ3) is 3.05. The third-order valence-electron chi connectivity index (χ3n) is 4.41. The smallest absolute Gasteiger partial charge is 0.0704 e. The van der Waals surface area contributed by atoms with Gasteiger partial charge in [0.15, 0.2) is 0 Å². The van der Waals surface area contributed by atoms with Crippen molar-refractivity contribution < 1.29 is 9.47 Å². The molecule has 0 bridgehead atoms. The van der Waals surface area contributed by atoms with E-state index >= 15 is 0 Å². The van der Waals surface area contributed by atoms with Crippen molar-refractivity contribution in [1.29, 1.82) is 0 Å². The molecule has 0 saturated heterocycles. The second-order valence-corrected chi connectivity index (χ2v) is 6.57. The van der Waals surface area contributed by atoms with Gasteiger partial charge in [-0.25, -0.2) is 0 Å². The van der Waals surface area contributed by atoms with E-state index in [1.165, 1.54) is 38.5 Å². The summed E-state index contributed by atoms with van der Waals surface area (Å²) >= 11 is 3.82. The second kappa shape index (κ2) is 6.53. The molecule has 3 heteroatoms. The van der Waals surface area contributed by atoms with Gasteiger partial charge in [-0.3, -0.25) is 0 Å². The lowest BCUT2D eigenvalue weighted by molar-refractivity contribution is -0.112. The summed E-state index contributed by atoms with van der Waals surface area (Å²) in [6.07, 6.45) is 9.52. The van der Waals surface area contributed by atoms with Gasteiger partial charge in [0.25, 0.3) is 0 Å². The molecule has 0 aliphatic heterocycles. The Bertz CT molecular complexity index is 226. The Morgan fingerprint density at radius 2 is 1.94 bits per heavy atom. The maximum atomic E-state index is 6.01. The minimum atomic E-state index is 0.476. The van der Waals surface area contributed by atoms with Gasteiger partial charge >= 0.3 is 0 Å². The van der Waals surface area contributed by atoms with Gasteiger partial charge in [-0.1, -0.05) is 42.1 Å². The molecule has 2 rings (SSSR count). The fourth-order valence-corrected chi connectivity index (χ4v) is 4.29. The van der Waals surface area contributed by atoms with Gasteiger partial charge in [0.1, 0.15) is 0 Å². The van der Waals surface area contributed by atoms with E-state index in [0.29, 0.717) is 16.3 Å². The van der Waals surface area contributed by atoms with E-state index in [2.05, 4.69) is 22.9 Å². The van der Waals surface area contributed by atoms with Gasteiger partial charge < -0.3 is 9.47 Å². The number of alkyl halides is 1. The maximum Gasteiger partial charge on any atom is 0.0704 e. The van der Waals surface area contributed by atoms with Gasteiger partial charge in [0.05, 0.1) is 19.3 Å². The summed E-state index contributed by atoms with van der Waals surface area (Å²) in [5.74, 6) is 0. The van der Waals surface area contributed by atoms with Crippen molar-refractivity contribution in [3.8, 4) is 0 Å². The van der Waals surface area contributed by atoms with Crippen LogP contribution in [-0.4, -0.2) is 30.8 Å². The van der Waals surface area contributed by atoms with Gasteiger partial charge in [-0.15, -0.1) is 0 Å². The van der Waals surface area contributed by atoms with Crippen LogP contribution in [0.1, 0.15) is 51.9 Å². The normalized spacial score (nSPS) is 30.7. The Kier molecular flexibility index (Phi) is 5.31. The fourth-order valence-electron chi connectivity index (χ4n) is 3.20. The van der Waals surface area contributed by atoms with Crippen LogP contribution in [0.4, 0.5) is 0 Å². The van der Waals surface area contributed by atoms with Gasteiger partial charge in [-0.05, 0) is 25.7 Å². The number of hydrogen-bond acceptors (Lipinski definition) is 2. The van der Waals surface area contributed by atoms with Crippen molar-refractivity contribution in [2.45, 2.75) is 62.8 Å². The van der Waals surface area contributed by atoms with Crippen LogP contribution in [0.5, 0.6) is 0 Å². The summed E-state index contributed by atoms with van der Waals surface area (Å²) in [5.41, 5.74) is 0.476. The van der Waals surface area contributed by atoms with Crippen molar-refractivity contribution >= 4 is 15.9 Å². The van der Waals surface area contributed by atoms with Crippen LogP contribution in [0.15, 0.2) is 0 Å². The lowest BCUT2D eigenvalue weighted by Crippen LogP contribution is -2.54. The highest BCUT2D eigenvalue weighted by molar-refractivity contribution is 9.09. The van der Waals surface area contributed by atoms with Crippen LogP contribution < -0.4 is 0 Å². The first-order chi connectivity index (χ1) is 8.29. The summed E-state index contributed by atoms with van der Waals surface area (Å²) in [7, 11) is 0. The first-order valence-corrected chi connectivity index (χ1v) is 8.04. The zero-order valence-electron chi connectivity index (χ0n) is 10.9. The minimum absolute atomic E-state index is 0.476. The Morgan fingerprint density at radius 1 is 1.18 bits per heavy atom. The van der Waals surface area contributed by atoms with E-state index in [1.54, 1.807) is 0 Å². The summed E-state index contributed by atoms with van der Waals surface area (Å²) < 4.78 is 11.5.